The Labute approximate surface area is 115 Å². The summed E-state index contributed by atoms with van der Waals surface area (Å²) in [5, 5.41) is 0. The third-order valence-corrected chi connectivity index (χ3v) is 4.10. The first-order valence-electron chi connectivity index (χ1n) is 6.65. The normalized spacial score (nSPS) is 23.1. The van der Waals surface area contributed by atoms with Crippen LogP contribution in [0.15, 0.2) is 24.3 Å². The second-order valence-electron chi connectivity index (χ2n) is 5.25. The largest absolute Gasteiger partial charge is 0.471 e. The first kappa shape index (κ1) is 13.4. The Morgan fingerprint density at radius 3 is 2.65 bits per heavy atom. The maximum atomic E-state index is 12.5. The van der Waals surface area contributed by atoms with Crippen LogP contribution in [-0.4, -0.2) is 48.1 Å². The van der Waals surface area contributed by atoms with Crippen LogP contribution in [0.3, 0.4) is 0 Å². The molecule has 2 aliphatic heterocycles. The summed E-state index contributed by atoms with van der Waals surface area (Å²) < 4.78 is 37.6. The number of carbonyl (C=O) groups excluding carboxylic acids is 1. The van der Waals surface area contributed by atoms with Crippen LogP contribution in [0.1, 0.15) is 17.2 Å². The molecule has 0 aliphatic carbocycles. The van der Waals surface area contributed by atoms with Crippen LogP contribution >= 0.6 is 0 Å². The molecule has 0 radical (unpaired) electrons. The molecule has 1 atom stereocenters. The minimum atomic E-state index is -4.78. The first-order valence-corrected chi connectivity index (χ1v) is 6.65. The zero-order valence-electron chi connectivity index (χ0n) is 10.9. The van der Waals surface area contributed by atoms with Gasteiger partial charge in [0.15, 0.2) is 0 Å². The molecule has 0 saturated carbocycles. The second kappa shape index (κ2) is 4.77. The van der Waals surface area contributed by atoms with E-state index >= 15 is 0 Å². The van der Waals surface area contributed by atoms with E-state index in [4.69, 9.17) is 0 Å². The van der Waals surface area contributed by atoms with Gasteiger partial charge in [-0.25, -0.2) is 0 Å². The van der Waals surface area contributed by atoms with Crippen molar-refractivity contribution in [2.45, 2.75) is 18.6 Å². The molecule has 0 N–H and O–H groups in total. The van der Waals surface area contributed by atoms with Crippen LogP contribution in [0.4, 0.5) is 13.2 Å². The number of hydrogen-bond acceptors (Lipinski definition) is 2. The summed E-state index contributed by atoms with van der Waals surface area (Å²) in [5.41, 5.74) is 2.23. The minimum absolute atomic E-state index is 0.111. The second-order valence-corrected chi connectivity index (χ2v) is 5.25. The average Bonchev–Trinajstić information content (AvgIpc) is 2.45. The van der Waals surface area contributed by atoms with Crippen molar-refractivity contribution < 1.29 is 18.0 Å². The lowest BCUT2D eigenvalue weighted by Crippen LogP contribution is -2.55. The molecule has 0 bridgehead atoms. The molecule has 1 fully saturated rings. The predicted octanol–water partition coefficient (Wildman–Crippen LogP) is 1.99. The standard InChI is InChI=1S/C14H15F3N2O/c15-14(16,17)13(20)19-8-7-18-6-5-10-3-1-2-4-11(10)12(18)9-19/h1-4,12H,5-9H2. The highest BCUT2D eigenvalue weighted by Gasteiger charge is 2.45. The molecule has 2 heterocycles. The number of fused-ring (bicyclic) bond motifs is 3. The molecular weight excluding hydrogens is 269 g/mol. The summed E-state index contributed by atoms with van der Waals surface area (Å²) in [7, 11) is 0. The fourth-order valence-corrected chi connectivity index (χ4v) is 3.10. The first-order chi connectivity index (χ1) is 9.47. The quantitative estimate of drug-likeness (QED) is 0.727. The highest BCUT2D eigenvalue weighted by molar-refractivity contribution is 5.82. The molecule has 1 amide bonds. The molecule has 1 aromatic carbocycles. The van der Waals surface area contributed by atoms with Crippen LogP contribution in [0.25, 0.3) is 0 Å². The van der Waals surface area contributed by atoms with E-state index in [2.05, 4.69) is 4.90 Å². The zero-order valence-corrected chi connectivity index (χ0v) is 10.9. The number of nitrogens with zero attached hydrogens (tertiary/aromatic N) is 2. The average molecular weight is 284 g/mol. The van der Waals surface area contributed by atoms with E-state index < -0.39 is 12.1 Å². The van der Waals surface area contributed by atoms with Gasteiger partial charge in [0.05, 0.1) is 6.04 Å². The van der Waals surface area contributed by atoms with Gasteiger partial charge in [0.1, 0.15) is 0 Å². The summed E-state index contributed by atoms with van der Waals surface area (Å²) in [6, 6.07) is 7.69. The van der Waals surface area contributed by atoms with Gasteiger partial charge in [-0.3, -0.25) is 9.69 Å². The van der Waals surface area contributed by atoms with Crippen LogP contribution in [0.5, 0.6) is 0 Å². The van der Waals surface area contributed by atoms with E-state index in [0.717, 1.165) is 23.4 Å². The fraction of sp³-hybridized carbons (Fsp3) is 0.500. The maximum absolute atomic E-state index is 12.5. The summed E-state index contributed by atoms with van der Waals surface area (Å²) in [6.07, 6.45) is -3.86. The molecule has 0 spiro atoms. The zero-order chi connectivity index (χ0) is 14.3. The molecule has 0 aromatic heterocycles. The lowest BCUT2D eigenvalue weighted by Gasteiger charge is -2.44. The lowest BCUT2D eigenvalue weighted by molar-refractivity contribution is -0.188. The third kappa shape index (κ3) is 2.28. The van der Waals surface area contributed by atoms with Crippen molar-refractivity contribution >= 4 is 5.91 Å². The molecule has 1 aromatic rings. The van der Waals surface area contributed by atoms with Crippen LogP contribution in [0.2, 0.25) is 0 Å². The number of hydrogen-bond donors (Lipinski definition) is 0. The predicted molar refractivity (Wildman–Crippen MR) is 67.1 cm³/mol. The van der Waals surface area contributed by atoms with Crippen LogP contribution in [0, 0.1) is 0 Å². The van der Waals surface area contributed by atoms with E-state index in [0.29, 0.717) is 6.54 Å². The number of carbonyl (C=O) groups is 1. The summed E-state index contributed by atoms with van der Waals surface area (Å²) in [4.78, 5) is 14.5. The van der Waals surface area contributed by atoms with E-state index in [1.54, 1.807) is 0 Å². The molecular formula is C14H15F3N2O. The van der Waals surface area contributed by atoms with E-state index in [-0.39, 0.29) is 19.1 Å². The van der Waals surface area contributed by atoms with Crippen molar-refractivity contribution in [3.63, 3.8) is 0 Å². The molecule has 1 unspecified atom stereocenters. The van der Waals surface area contributed by atoms with Crippen molar-refractivity contribution in [3.05, 3.63) is 35.4 Å². The van der Waals surface area contributed by atoms with Gasteiger partial charge in [-0.15, -0.1) is 0 Å². The van der Waals surface area contributed by atoms with Gasteiger partial charge >= 0.3 is 12.1 Å². The molecule has 2 aliphatic rings. The Bertz CT molecular complexity index is 529. The third-order valence-electron chi connectivity index (χ3n) is 4.10. The Morgan fingerprint density at radius 1 is 1.15 bits per heavy atom. The van der Waals surface area contributed by atoms with Crippen molar-refractivity contribution in [2.75, 3.05) is 26.2 Å². The molecule has 108 valence electrons. The van der Waals surface area contributed by atoms with Gasteiger partial charge < -0.3 is 4.90 Å². The van der Waals surface area contributed by atoms with Gasteiger partial charge in [-0.2, -0.15) is 13.2 Å². The fourth-order valence-electron chi connectivity index (χ4n) is 3.10. The van der Waals surface area contributed by atoms with Crippen molar-refractivity contribution in [3.8, 4) is 0 Å². The smallest absolute Gasteiger partial charge is 0.332 e. The highest BCUT2D eigenvalue weighted by atomic mass is 19.4. The van der Waals surface area contributed by atoms with Crippen molar-refractivity contribution in [2.24, 2.45) is 0 Å². The van der Waals surface area contributed by atoms with Gasteiger partial charge in [0.25, 0.3) is 0 Å². The molecule has 3 nitrogen and oxygen atoms in total. The van der Waals surface area contributed by atoms with Crippen LogP contribution < -0.4 is 0 Å². The number of rotatable bonds is 0. The Balaban J connectivity index is 1.84. The minimum Gasteiger partial charge on any atom is -0.332 e. The topological polar surface area (TPSA) is 23.6 Å². The Kier molecular flexibility index (Phi) is 3.20. The summed E-state index contributed by atoms with van der Waals surface area (Å²) >= 11 is 0. The molecule has 1 saturated heterocycles. The summed E-state index contributed by atoms with van der Waals surface area (Å²) in [5.74, 6) is -1.72. The van der Waals surface area contributed by atoms with Gasteiger partial charge in [0.2, 0.25) is 0 Å². The SMILES string of the molecule is O=C(N1CCN2CCc3ccccc3C2C1)C(F)(F)F. The Morgan fingerprint density at radius 2 is 1.90 bits per heavy atom. The lowest BCUT2D eigenvalue weighted by atomic mass is 9.91. The Hall–Kier alpha value is -1.56. The molecule has 3 rings (SSSR count). The monoisotopic (exact) mass is 284 g/mol. The summed E-state index contributed by atoms with van der Waals surface area (Å²) in [6.45, 7) is 1.61. The van der Waals surface area contributed by atoms with Crippen molar-refractivity contribution in [1.29, 1.82) is 0 Å². The number of halogens is 3. The van der Waals surface area contributed by atoms with Crippen LogP contribution in [-0.2, 0) is 11.2 Å². The highest BCUT2D eigenvalue weighted by Crippen LogP contribution is 2.33. The van der Waals surface area contributed by atoms with Gasteiger partial charge in [-0.05, 0) is 17.5 Å². The van der Waals surface area contributed by atoms with Crippen molar-refractivity contribution in [1.82, 2.24) is 9.80 Å². The number of piperazine rings is 1. The van der Waals surface area contributed by atoms with E-state index in [1.807, 2.05) is 24.3 Å². The van der Waals surface area contributed by atoms with E-state index in [9.17, 15) is 18.0 Å². The van der Waals surface area contributed by atoms with E-state index in [1.165, 1.54) is 5.56 Å². The number of amides is 1. The number of benzene rings is 1. The maximum Gasteiger partial charge on any atom is 0.471 e. The molecule has 20 heavy (non-hydrogen) atoms. The number of alkyl halides is 3. The van der Waals surface area contributed by atoms with Gasteiger partial charge in [-0.1, -0.05) is 24.3 Å². The molecule has 6 heteroatoms. The van der Waals surface area contributed by atoms with Gasteiger partial charge in [0, 0.05) is 26.2 Å².